The Balaban J connectivity index is 1.51. The fraction of sp³-hybridized carbons (Fsp3) is 0.281. The molecular weight excluding hydrogens is 542 g/mol. The molecule has 2 heterocycles. The monoisotopic (exact) mass is 574 g/mol. The van der Waals surface area contributed by atoms with Gasteiger partial charge in [0, 0.05) is 24.4 Å². The lowest BCUT2D eigenvalue weighted by molar-refractivity contribution is 0.0921. The molecular formula is C32H32F2N4O4. The summed E-state index contributed by atoms with van der Waals surface area (Å²) in [7, 11) is 0. The van der Waals surface area contributed by atoms with E-state index >= 15 is 0 Å². The van der Waals surface area contributed by atoms with Crippen LogP contribution in [0.3, 0.4) is 0 Å². The number of rotatable bonds is 11. The van der Waals surface area contributed by atoms with E-state index < -0.39 is 35.8 Å². The van der Waals surface area contributed by atoms with Gasteiger partial charge in [0.1, 0.15) is 30.5 Å². The number of aromatic nitrogens is 2. The van der Waals surface area contributed by atoms with Gasteiger partial charge in [0.25, 0.3) is 5.91 Å². The average molecular weight is 575 g/mol. The molecule has 218 valence electrons. The lowest BCUT2D eigenvalue weighted by Crippen LogP contribution is -2.53. The maximum Gasteiger partial charge on any atom is 0.407 e. The number of pyridine rings is 1. The molecule has 42 heavy (non-hydrogen) atoms. The third kappa shape index (κ3) is 7.04. The number of fused-ring (bicyclic) bond motifs is 1. The predicted octanol–water partition coefficient (Wildman–Crippen LogP) is 5.70. The van der Waals surface area contributed by atoms with Crippen molar-refractivity contribution in [3.8, 4) is 18.1 Å². The van der Waals surface area contributed by atoms with Crippen molar-refractivity contribution in [2.75, 3.05) is 6.54 Å². The molecule has 4 rings (SSSR count). The lowest BCUT2D eigenvalue weighted by Gasteiger charge is -2.30. The molecule has 0 radical (unpaired) electrons. The van der Waals surface area contributed by atoms with Gasteiger partial charge in [0.2, 0.25) is 0 Å². The summed E-state index contributed by atoms with van der Waals surface area (Å²) in [5, 5.41) is 5.77. The van der Waals surface area contributed by atoms with Crippen LogP contribution in [0.25, 0.3) is 5.65 Å². The highest BCUT2D eigenvalue weighted by Crippen LogP contribution is 2.26. The van der Waals surface area contributed by atoms with Crippen molar-refractivity contribution in [2.45, 2.75) is 52.4 Å². The Morgan fingerprint density at radius 3 is 2.48 bits per heavy atom. The van der Waals surface area contributed by atoms with Crippen LogP contribution in [0.1, 0.15) is 59.6 Å². The Kier molecular flexibility index (Phi) is 9.42. The Morgan fingerprint density at radius 1 is 1.10 bits per heavy atom. The Bertz CT molecular complexity index is 1610. The number of carbonyl (C=O) groups excluding carboxylic acids is 2. The molecule has 2 aromatic carbocycles. The standard InChI is InChI=1S/C32H32F2N4O4/c1-5-15-32(4,37-31(40)42-18-23-11-8-7-9-12-23)20-35-30(39)28-21(3)36-29-27(16-22(6-2)17-38(28)29)41-19-24-25(33)13-10-14-26(24)34/h2,7-14,16-17H,5,15,18-20H2,1,3-4H3,(H,35,39)(H,37,40). The van der Waals surface area contributed by atoms with E-state index in [4.69, 9.17) is 15.9 Å². The van der Waals surface area contributed by atoms with Gasteiger partial charge in [-0.1, -0.05) is 55.7 Å². The number of terminal acetylenes is 1. The lowest BCUT2D eigenvalue weighted by atomic mass is 9.96. The molecule has 1 unspecified atom stereocenters. The zero-order valence-electron chi connectivity index (χ0n) is 23.7. The number of hydrogen-bond acceptors (Lipinski definition) is 5. The van der Waals surface area contributed by atoms with Gasteiger partial charge in [-0.25, -0.2) is 18.6 Å². The second-order valence-corrected chi connectivity index (χ2v) is 10.1. The van der Waals surface area contributed by atoms with Crippen LogP contribution in [-0.2, 0) is 18.0 Å². The third-order valence-electron chi connectivity index (χ3n) is 6.73. The van der Waals surface area contributed by atoms with Crippen LogP contribution >= 0.6 is 0 Å². The molecule has 2 aromatic heterocycles. The van der Waals surface area contributed by atoms with Gasteiger partial charge in [-0.3, -0.25) is 9.20 Å². The summed E-state index contributed by atoms with van der Waals surface area (Å²) in [4.78, 5) is 30.5. The fourth-order valence-electron chi connectivity index (χ4n) is 4.62. The summed E-state index contributed by atoms with van der Waals surface area (Å²) in [6, 6.07) is 14.4. The van der Waals surface area contributed by atoms with Crippen LogP contribution in [0.2, 0.25) is 0 Å². The van der Waals surface area contributed by atoms with Crippen LogP contribution < -0.4 is 15.4 Å². The van der Waals surface area contributed by atoms with Crippen molar-refractivity contribution in [3.63, 3.8) is 0 Å². The maximum atomic E-state index is 14.2. The molecule has 2 amide bonds. The first-order valence-corrected chi connectivity index (χ1v) is 13.5. The molecule has 4 aromatic rings. The molecule has 1 atom stereocenters. The molecule has 0 aliphatic carbocycles. The molecule has 0 bridgehead atoms. The second-order valence-electron chi connectivity index (χ2n) is 10.1. The van der Waals surface area contributed by atoms with Crippen LogP contribution in [0.4, 0.5) is 13.6 Å². The Hall–Kier alpha value is -4.91. The summed E-state index contributed by atoms with van der Waals surface area (Å²) in [6.07, 6.45) is 7.93. The minimum Gasteiger partial charge on any atom is -0.485 e. The number of hydrogen-bond donors (Lipinski definition) is 2. The van der Waals surface area contributed by atoms with Gasteiger partial charge in [-0.15, -0.1) is 6.42 Å². The summed E-state index contributed by atoms with van der Waals surface area (Å²) in [5.41, 5.74) is 1.03. The molecule has 0 aliphatic rings. The largest absolute Gasteiger partial charge is 0.485 e. The van der Waals surface area contributed by atoms with Gasteiger partial charge in [0.05, 0.1) is 16.8 Å². The van der Waals surface area contributed by atoms with Crippen LogP contribution in [-0.4, -0.2) is 33.5 Å². The number of aryl methyl sites for hydroxylation is 1. The first-order chi connectivity index (χ1) is 20.1. The number of alkyl carbamates (subject to hydrolysis) is 1. The molecule has 0 saturated carbocycles. The molecule has 0 fully saturated rings. The SMILES string of the molecule is C#Cc1cc(OCc2c(F)cccc2F)c2nc(C)c(C(=O)NCC(C)(CCC)NC(=O)OCc3ccccc3)n2c1. The number of ether oxygens (including phenoxy) is 2. The van der Waals surface area contributed by atoms with E-state index in [-0.39, 0.29) is 35.8 Å². The minimum absolute atomic E-state index is 0.109. The highest BCUT2D eigenvalue weighted by Gasteiger charge is 2.29. The molecule has 10 heteroatoms. The molecule has 0 saturated heterocycles. The number of nitrogens with one attached hydrogen (secondary N) is 2. The summed E-state index contributed by atoms with van der Waals surface area (Å²) in [6.45, 7) is 5.28. The maximum absolute atomic E-state index is 14.2. The zero-order chi connectivity index (χ0) is 30.3. The van der Waals surface area contributed by atoms with E-state index in [1.165, 1.54) is 16.5 Å². The quantitative estimate of drug-likeness (QED) is 0.224. The van der Waals surface area contributed by atoms with Gasteiger partial charge in [0.15, 0.2) is 11.4 Å². The van der Waals surface area contributed by atoms with Gasteiger partial charge in [-0.05, 0) is 38.0 Å². The number of halogens is 2. The topological polar surface area (TPSA) is 94.0 Å². The smallest absolute Gasteiger partial charge is 0.407 e. The van der Waals surface area contributed by atoms with E-state index in [0.717, 1.165) is 24.1 Å². The first-order valence-electron chi connectivity index (χ1n) is 13.5. The van der Waals surface area contributed by atoms with E-state index in [1.807, 2.05) is 44.2 Å². The number of amides is 2. The Morgan fingerprint density at radius 2 is 1.81 bits per heavy atom. The van der Waals surface area contributed by atoms with Crippen molar-refractivity contribution in [1.82, 2.24) is 20.0 Å². The van der Waals surface area contributed by atoms with E-state index in [0.29, 0.717) is 17.7 Å². The van der Waals surface area contributed by atoms with Crippen LogP contribution in [0, 0.1) is 30.9 Å². The number of imidazole rings is 1. The number of benzene rings is 2. The fourth-order valence-corrected chi connectivity index (χ4v) is 4.62. The Labute approximate surface area is 243 Å². The molecule has 2 N–H and O–H groups in total. The predicted molar refractivity (Wildman–Crippen MR) is 154 cm³/mol. The first kappa shape index (κ1) is 30.1. The normalized spacial score (nSPS) is 12.3. The third-order valence-corrected chi connectivity index (χ3v) is 6.73. The van der Waals surface area contributed by atoms with Crippen LogP contribution in [0.5, 0.6) is 5.75 Å². The second kappa shape index (κ2) is 13.2. The molecule has 0 spiro atoms. The summed E-state index contributed by atoms with van der Waals surface area (Å²) < 4.78 is 40.9. The highest BCUT2D eigenvalue weighted by atomic mass is 19.1. The molecule has 0 aliphatic heterocycles. The van der Waals surface area contributed by atoms with Crippen molar-refractivity contribution >= 4 is 17.6 Å². The van der Waals surface area contributed by atoms with E-state index in [2.05, 4.69) is 21.5 Å². The van der Waals surface area contributed by atoms with Crippen molar-refractivity contribution in [2.24, 2.45) is 0 Å². The number of nitrogens with zero attached hydrogens (tertiary/aromatic N) is 2. The summed E-state index contributed by atoms with van der Waals surface area (Å²) >= 11 is 0. The van der Waals surface area contributed by atoms with Gasteiger partial charge in [-0.2, -0.15) is 0 Å². The van der Waals surface area contributed by atoms with Gasteiger partial charge < -0.3 is 20.1 Å². The van der Waals surface area contributed by atoms with E-state index in [1.54, 1.807) is 13.1 Å². The van der Waals surface area contributed by atoms with Crippen LogP contribution in [0.15, 0.2) is 60.8 Å². The van der Waals surface area contributed by atoms with E-state index in [9.17, 15) is 18.4 Å². The van der Waals surface area contributed by atoms with Crippen molar-refractivity contribution in [3.05, 3.63) is 101 Å². The van der Waals surface area contributed by atoms with Gasteiger partial charge >= 0.3 is 6.09 Å². The molecule has 8 nitrogen and oxygen atoms in total. The summed E-state index contributed by atoms with van der Waals surface area (Å²) in [5.74, 6) is 0.721. The number of carbonyl (C=O) groups is 2. The average Bonchev–Trinajstić information content (AvgIpc) is 3.31. The minimum atomic E-state index is -0.797. The zero-order valence-corrected chi connectivity index (χ0v) is 23.7. The van der Waals surface area contributed by atoms with Crippen molar-refractivity contribution in [1.29, 1.82) is 0 Å². The van der Waals surface area contributed by atoms with Crippen molar-refractivity contribution < 1.29 is 27.8 Å². The highest BCUT2D eigenvalue weighted by molar-refractivity contribution is 5.95.